The summed E-state index contributed by atoms with van der Waals surface area (Å²) >= 11 is 0. The number of nitrogens with zero attached hydrogens (tertiary/aromatic N) is 1. The number of aryl methyl sites for hydroxylation is 2. The zero-order valence-electron chi connectivity index (χ0n) is 11.9. The van der Waals surface area contributed by atoms with Gasteiger partial charge in [0.2, 0.25) is 0 Å². The van der Waals surface area contributed by atoms with Crippen LogP contribution in [0.15, 0.2) is 12.1 Å². The van der Waals surface area contributed by atoms with E-state index in [1.165, 1.54) is 12.8 Å². The molecule has 0 amide bonds. The summed E-state index contributed by atoms with van der Waals surface area (Å²) in [7, 11) is 0. The van der Waals surface area contributed by atoms with Gasteiger partial charge in [0.05, 0.1) is 4.92 Å². The lowest BCUT2D eigenvalue weighted by atomic mass is 9.87. The van der Waals surface area contributed by atoms with Gasteiger partial charge in [0.1, 0.15) is 0 Å². The summed E-state index contributed by atoms with van der Waals surface area (Å²) in [4.78, 5) is 10.7. The van der Waals surface area contributed by atoms with Crippen LogP contribution in [-0.2, 0) is 0 Å². The van der Waals surface area contributed by atoms with E-state index in [-0.39, 0.29) is 10.6 Å². The van der Waals surface area contributed by atoms with Crippen LogP contribution in [0.3, 0.4) is 0 Å². The lowest BCUT2D eigenvalue weighted by molar-refractivity contribution is -0.385. The highest BCUT2D eigenvalue weighted by Crippen LogP contribution is 2.30. The van der Waals surface area contributed by atoms with Gasteiger partial charge in [-0.2, -0.15) is 0 Å². The first kappa shape index (κ1) is 13.8. The third-order valence-corrected chi connectivity index (χ3v) is 4.12. The minimum absolute atomic E-state index is 0.206. The molecular formula is C15H22N2O2. The Balaban J connectivity index is 2.15. The summed E-state index contributed by atoms with van der Waals surface area (Å²) in [6.45, 7) is 6.08. The third kappa shape index (κ3) is 3.25. The Labute approximate surface area is 114 Å². The molecule has 0 spiro atoms. The summed E-state index contributed by atoms with van der Waals surface area (Å²) < 4.78 is 0. The van der Waals surface area contributed by atoms with Gasteiger partial charge in [0.15, 0.2) is 0 Å². The Hall–Kier alpha value is -1.58. The molecule has 0 heterocycles. The van der Waals surface area contributed by atoms with Gasteiger partial charge >= 0.3 is 0 Å². The van der Waals surface area contributed by atoms with Crippen LogP contribution in [0.2, 0.25) is 0 Å². The van der Waals surface area contributed by atoms with E-state index in [1.807, 2.05) is 13.0 Å². The number of nitro groups is 1. The molecule has 1 N–H and O–H groups in total. The number of hydrogen-bond acceptors (Lipinski definition) is 3. The number of anilines is 1. The van der Waals surface area contributed by atoms with E-state index in [0.29, 0.717) is 6.04 Å². The van der Waals surface area contributed by atoms with Gasteiger partial charge in [-0.05, 0) is 57.1 Å². The van der Waals surface area contributed by atoms with Crippen molar-refractivity contribution in [1.29, 1.82) is 0 Å². The second-order valence-electron chi connectivity index (χ2n) is 5.81. The standard InChI is InChI=1S/C15H22N2O2/c1-10-4-6-13(7-5-10)16-14-9-15(17(18)19)12(3)8-11(14)2/h8-10,13,16H,4-7H2,1-3H3. The van der Waals surface area contributed by atoms with E-state index in [0.717, 1.165) is 35.6 Å². The molecule has 104 valence electrons. The van der Waals surface area contributed by atoms with Crippen molar-refractivity contribution in [3.63, 3.8) is 0 Å². The van der Waals surface area contributed by atoms with Crippen LogP contribution in [0.25, 0.3) is 0 Å². The molecule has 0 unspecified atom stereocenters. The molecule has 0 aliphatic heterocycles. The number of rotatable bonds is 3. The van der Waals surface area contributed by atoms with Crippen molar-refractivity contribution < 1.29 is 4.92 Å². The van der Waals surface area contributed by atoms with Crippen LogP contribution in [0, 0.1) is 29.9 Å². The quantitative estimate of drug-likeness (QED) is 0.656. The molecule has 0 radical (unpaired) electrons. The summed E-state index contributed by atoms with van der Waals surface area (Å²) in [6.07, 6.45) is 4.79. The Bertz CT molecular complexity index is 477. The van der Waals surface area contributed by atoms with Crippen LogP contribution in [0.1, 0.15) is 43.7 Å². The summed E-state index contributed by atoms with van der Waals surface area (Å²) in [6, 6.07) is 4.03. The second-order valence-corrected chi connectivity index (χ2v) is 5.81. The molecule has 0 atom stereocenters. The van der Waals surface area contributed by atoms with E-state index in [4.69, 9.17) is 0 Å². The molecule has 0 aromatic heterocycles. The van der Waals surface area contributed by atoms with Gasteiger partial charge in [-0.25, -0.2) is 0 Å². The van der Waals surface area contributed by atoms with Gasteiger partial charge in [-0.15, -0.1) is 0 Å². The molecule has 1 aromatic carbocycles. The maximum Gasteiger partial charge on any atom is 0.274 e. The largest absolute Gasteiger partial charge is 0.382 e. The van der Waals surface area contributed by atoms with Crippen LogP contribution in [0.5, 0.6) is 0 Å². The lowest BCUT2D eigenvalue weighted by Gasteiger charge is -2.28. The van der Waals surface area contributed by atoms with E-state index in [2.05, 4.69) is 12.2 Å². The molecule has 1 fully saturated rings. The van der Waals surface area contributed by atoms with E-state index in [1.54, 1.807) is 13.0 Å². The summed E-state index contributed by atoms with van der Waals surface area (Å²) in [5.74, 6) is 0.812. The number of benzene rings is 1. The minimum atomic E-state index is -0.303. The monoisotopic (exact) mass is 262 g/mol. The zero-order valence-corrected chi connectivity index (χ0v) is 11.9. The van der Waals surface area contributed by atoms with Crippen molar-refractivity contribution in [1.82, 2.24) is 0 Å². The topological polar surface area (TPSA) is 55.2 Å². The van der Waals surface area contributed by atoms with Crippen molar-refractivity contribution in [2.24, 2.45) is 5.92 Å². The van der Waals surface area contributed by atoms with E-state index >= 15 is 0 Å². The molecule has 0 saturated heterocycles. The van der Waals surface area contributed by atoms with Crippen LogP contribution < -0.4 is 5.32 Å². The van der Waals surface area contributed by atoms with Crippen LogP contribution in [0.4, 0.5) is 11.4 Å². The van der Waals surface area contributed by atoms with Crippen molar-refractivity contribution in [2.75, 3.05) is 5.32 Å². The highest BCUT2D eigenvalue weighted by molar-refractivity contribution is 5.60. The molecule has 1 aliphatic rings. The number of nitrogens with one attached hydrogen (secondary N) is 1. The molecule has 1 aliphatic carbocycles. The highest BCUT2D eigenvalue weighted by atomic mass is 16.6. The van der Waals surface area contributed by atoms with Crippen molar-refractivity contribution in [3.8, 4) is 0 Å². The maximum absolute atomic E-state index is 11.0. The molecule has 2 rings (SSSR count). The summed E-state index contributed by atoms with van der Waals surface area (Å²) in [5.41, 5.74) is 2.93. The average Bonchev–Trinajstić information content (AvgIpc) is 2.34. The number of hydrogen-bond donors (Lipinski definition) is 1. The maximum atomic E-state index is 11.0. The summed E-state index contributed by atoms with van der Waals surface area (Å²) in [5, 5.41) is 14.5. The molecular weight excluding hydrogens is 240 g/mol. The molecule has 4 nitrogen and oxygen atoms in total. The highest BCUT2D eigenvalue weighted by Gasteiger charge is 2.20. The molecule has 4 heteroatoms. The first-order valence-electron chi connectivity index (χ1n) is 6.99. The van der Waals surface area contributed by atoms with Gasteiger partial charge in [0, 0.05) is 23.4 Å². The Kier molecular flexibility index (Phi) is 4.08. The van der Waals surface area contributed by atoms with Gasteiger partial charge in [0.25, 0.3) is 5.69 Å². The second kappa shape index (κ2) is 5.59. The van der Waals surface area contributed by atoms with Crippen molar-refractivity contribution in [2.45, 2.75) is 52.5 Å². The Morgan fingerprint density at radius 2 is 1.79 bits per heavy atom. The van der Waals surface area contributed by atoms with Crippen LogP contribution >= 0.6 is 0 Å². The first-order chi connectivity index (χ1) is 8.97. The fourth-order valence-electron chi connectivity index (χ4n) is 2.82. The lowest BCUT2D eigenvalue weighted by Crippen LogP contribution is -2.25. The SMILES string of the molecule is Cc1cc(C)c([N+](=O)[O-])cc1NC1CCC(C)CC1. The zero-order chi connectivity index (χ0) is 14.0. The van der Waals surface area contributed by atoms with Gasteiger partial charge in [-0.3, -0.25) is 10.1 Å². The molecule has 1 aromatic rings. The fourth-order valence-corrected chi connectivity index (χ4v) is 2.82. The molecule has 19 heavy (non-hydrogen) atoms. The Morgan fingerprint density at radius 1 is 1.16 bits per heavy atom. The van der Waals surface area contributed by atoms with Gasteiger partial charge in [-0.1, -0.05) is 6.92 Å². The normalized spacial score (nSPS) is 23.1. The molecule has 1 saturated carbocycles. The van der Waals surface area contributed by atoms with Crippen molar-refractivity contribution >= 4 is 11.4 Å². The van der Waals surface area contributed by atoms with E-state index < -0.39 is 0 Å². The fraction of sp³-hybridized carbons (Fsp3) is 0.600. The van der Waals surface area contributed by atoms with Crippen molar-refractivity contribution in [3.05, 3.63) is 33.4 Å². The molecule has 0 bridgehead atoms. The minimum Gasteiger partial charge on any atom is -0.382 e. The average molecular weight is 262 g/mol. The first-order valence-corrected chi connectivity index (χ1v) is 6.99. The predicted octanol–water partition coefficient (Wildman–Crippen LogP) is 4.20. The number of nitro benzene ring substituents is 1. The third-order valence-electron chi connectivity index (χ3n) is 4.12. The van der Waals surface area contributed by atoms with E-state index in [9.17, 15) is 10.1 Å². The van der Waals surface area contributed by atoms with Gasteiger partial charge < -0.3 is 5.32 Å². The predicted molar refractivity (Wildman–Crippen MR) is 77.6 cm³/mol. The smallest absolute Gasteiger partial charge is 0.274 e. The Morgan fingerprint density at radius 3 is 2.37 bits per heavy atom. The van der Waals surface area contributed by atoms with Crippen LogP contribution in [-0.4, -0.2) is 11.0 Å².